The maximum Gasteiger partial charge on any atom is 0.318 e. The summed E-state index contributed by atoms with van der Waals surface area (Å²) in [6, 6.07) is 10.7. The topological polar surface area (TPSA) is 101 Å². The third-order valence-corrected chi connectivity index (χ3v) is 4.23. The number of carbonyl (C=O) groups is 2. The van der Waals surface area contributed by atoms with Crippen LogP contribution in [0.25, 0.3) is 0 Å². The van der Waals surface area contributed by atoms with Gasteiger partial charge in [-0.2, -0.15) is 8.42 Å². The molecule has 0 bridgehead atoms. The van der Waals surface area contributed by atoms with E-state index in [9.17, 15) is 23.1 Å². The first kappa shape index (κ1) is 14.2. The van der Waals surface area contributed by atoms with Gasteiger partial charge < -0.3 is 5.11 Å². The largest absolute Gasteiger partial charge is 0.508 e. The van der Waals surface area contributed by atoms with Crippen LogP contribution in [0.2, 0.25) is 0 Å². The van der Waals surface area contributed by atoms with Crippen LogP contribution in [-0.4, -0.2) is 30.4 Å². The molecule has 2 amide bonds. The minimum Gasteiger partial charge on any atom is -0.508 e. The number of carbonyl (C=O) groups excluding carboxylic acids is 2. The highest BCUT2D eigenvalue weighted by Crippen LogP contribution is 2.28. The second-order valence-electron chi connectivity index (χ2n) is 4.48. The number of phenols is 1. The molecule has 1 aliphatic rings. The van der Waals surface area contributed by atoms with Gasteiger partial charge in [0.1, 0.15) is 5.75 Å². The van der Waals surface area contributed by atoms with Crippen molar-refractivity contribution in [1.82, 2.24) is 5.06 Å². The molecule has 2 aromatic carbocycles. The van der Waals surface area contributed by atoms with Crippen molar-refractivity contribution in [2.45, 2.75) is 4.90 Å². The van der Waals surface area contributed by atoms with Crippen LogP contribution in [0, 0.1) is 0 Å². The van der Waals surface area contributed by atoms with Crippen LogP contribution in [-0.2, 0) is 14.4 Å². The molecule has 112 valence electrons. The fourth-order valence-electron chi connectivity index (χ4n) is 2.00. The average molecular weight is 319 g/mol. The lowest BCUT2D eigenvalue weighted by Gasteiger charge is -2.12. The summed E-state index contributed by atoms with van der Waals surface area (Å²) in [5.41, 5.74) is -0.153. The summed E-state index contributed by atoms with van der Waals surface area (Å²) >= 11 is 0. The van der Waals surface area contributed by atoms with E-state index in [1.165, 1.54) is 36.4 Å². The fraction of sp³-hybridized carbons (Fsp3) is 0. The summed E-state index contributed by atoms with van der Waals surface area (Å²) in [5.74, 6) is -2.07. The first-order chi connectivity index (χ1) is 10.4. The van der Waals surface area contributed by atoms with E-state index in [0.29, 0.717) is 0 Å². The first-order valence-corrected chi connectivity index (χ1v) is 7.52. The Labute approximate surface area is 125 Å². The summed E-state index contributed by atoms with van der Waals surface area (Å²) < 4.78 is 28.8. The summed E-state index contributed by atoms with van der Waals surface area (Å²) in [7, 11) is -4.32. The summed E-state index contributed by atoms with van der Waals surface area (Å²) in [5, 5.41) is 9.53. The van der Waals surface area contributed by atoms with Gasteiger partial charge in [-0.15, -0.1) is 9.35 Å². The van der Waals surface area contributed by atoms with Gasteiger partial charge in [0.25, 0.3) is 11.8 Å². The molecule has 1 N–H and O–H groups in total. The number of benzene rings is 2. The zero-order chi connectivity index (χ0) is 15.9. The molecule has 0 fully saturated rings. The van der Waals surface area contributed by atoms with Crippen LogP contribution in [0.3, 0.4) is 0 Å². The Morgan fingerprint density at radius 3 is 2.23 bits per heavy atom. The SMILES string of the molecule is O=C1c2ccc(O)cc2C(=O)N1OS(=O)(=O)c1ccccc1. The van der Waals surface area contributed by atoms with Gasteiger partial charge in [0.15, 0.2) is 0 Å². The van der Waals surface area contributed by atoms with E-state index in [-0.39, 0.29) is 26.8 Å². The zero-order valence-corrected chi connectivity index (χ0v) is 11.8. The lowest BCUT2D eigenvalue weighted by atomic mass is 10.1. The Hall–Kier alpha value is -2.71. The van der Waals surface area contributed by atoms with Gasteiger partial charge in [-0.25, -0.2) is 0 Å². The highest BCUT2D eigenvalue weighted by atomic mass is 32.2. The van der Waals surface area contributed by atoms with Crippen LogP contribution >= 0.6 is 0 Å². The Kier molecular flexibility index (Phi) is 3.19. The van der Waals surface area contributed by atoms with Crippen molar-refractivity contribution < 1.29 is 27.4 Å². The number of nitrogens with zero attached hydrogens (tertiary/aromatic N) is 1. The minimum atomic E-state index is -4.32. The highest BCUT2D eigenvalue weighted by Gasteiger charge is 2.40. The Bertz CT molecular complexity index is 875. The highest BCUT2D eigenvalue weighted by molar-refractivity contribution is 7.86. The van der Waals surface area contributed by atoms with Gasteiger partial charge in [0, 0.05) is 0 Å². The number of hydroxylamine groups is 2. The minimum absolute atomic E-state index is 0.0361. The number of aromatic hydroxyl groups is 1. The third-order valence-electron chi connectivity index (χ3n) is 3.04. The van der Waals surface area contributed by atoms with E-state index in [0.717, 1.165) is 6.07 Å². The lowest BCUT2D eigenvalue weighted by molar-refractivity contribution is -0.0104. The maximum atomic E-state index is 12.1. The molecule has 0 atom stereocenters. The molecule has 2 aromatic rings. The average Bonchev–Trinajstić information content (AvgIpc) is 2.73. The quantitative estimate of drug-likeness (QED) is 0.856. The Morgan fingerprint density at radius 2 is 1.55 bits per heavy atom. The molecule has 0 saturated carbocycles. The molecule has 0 saturated heterocycles. The molecule has 7 nitrogen and oxygen atoms in total. The van der Waals surface area contributed by atoms with Crippen molar-refractivity contribution in [3.05, 3.63) is 59.7 Å². The van der Waals surface area contributed by atoms with Crippen molar-refractivity contribution in [2.24, 2.45) is 0 Å². The van der Waals surface area contributed by atoms with E-state index in [1.54, 1.807) is 6.07 Å². The number of amides is 2. The molecule has 0 spiro atoms. The van der Waals surface area contributed by atoms with Crippen molar-refractivity contribution in [3.8, 4) is 5.75 Å². The number of hydrogen-bond donors (Lipinski definition) is 1. The van der Waals surface area contributed by atoms with Gasteiger partial charge in [-0.05, 0) is 30.3 Å². The van der Waals surface area contributed by atoms with Crippen LogP contribution in [0.15, 0.2) is 53.4 Å². The molecule has 3 rings (SSSR count). The monoisotopic (exact) mass is 319 g/mol. The molecule has 0 aliphatic carbocycles. The normalized spacial score (nSPS) is 14.3. The molecular formula is C14H9NO6S. The molecule has 0 unspecified atom stereocenters. The van der Waals surface area contributed by atoms with Gasteiger partial charge in [0.2, 0.25) is 0 Å². The van der Waals surface area contributed by atoms with Gasteiger partial charge in [-0.3, -0.25) is 9.59 Å². The smallest absolute Gasteiger partial charge is 0.318 e. The van der Waals surface area contributed by atoms with Crippen molar-refractivity contribution >= 4 is 21.9 Å². The van der Waals surface area contributed by atoms with Gasteiger partial charge >= 0.3 is 10.1 Å². The van der Waals surface area contributed by atoms with Crippen LogP contribution in [0.1, 0.15) is 20.7 Å². The zero-order valence-electron chi connectivity index (χ0n) is 11.0. The Balaban J connectivity index is 1.95. The van der Waals surface area contributed by atoms with Crippen LogP contribution in [0.4, 0.5) is 0 Å². The molecular weight excluding hydrogens is 310 g/mol. The second kappa shape index (κ2) is 4.93. The van der Waals surface area contributed by atoms with Crippen LogP contribution < -0.4 is 0 Å². The van der Waals surface area contributed by atoms with Crippen molar-refractivity contribution in [3.63, 3.8) is 0 Å². The summed E-state index contributed by atoms with van der Waals surface area (Å²) in [6.45, 7) is 0. The molecule has 8 heteroatoms. The number of rotatable bonds is 3. The summed E-state index contributed by atoms with van der Waals surface area (Å²) in [6.07, 6.45) is 0. The van der Waals surface area contributed by atoms with E-state index >= 15 is 0 Å². The first-order valence-electron chi connectivity index (χ1n) is 6.11. The van der Waals surface area contributed by atoms with Crippen molar-refractivity contribution in [1.29, 1.82) is 0 Å². The van der Waals surface area contributed by atoms with Crippen molar-refractivity contribution in [2.75, 3.05) is 0 Å². The van der Waals surface area contributed by atoms with Crippen LogP contribution in [0.5, 0.6) is 5.75 Å². The van der Waals surface area contributed by atoms with E-state index in [4.69, 9.17) is 0 Å². The standard InChI is InChI=1S/C14H9NO6S/c16-9-6-7-11-12(8-9)14(18)15(13(11)17)21-22(19,20)10-4-2-1-3-5-10/h1-8,16H. The number of fused-ring (bicyclic) bond motifs is 1. The lowest BCUT2D eigenvalue weighted by Crippen LogP contribution is -2.32. The van der Waals surface area contributed by atoms with Gasteiger partial charge in [0.05, 0.1) is 16.0 Å². The molecule has 22 heavy (non-hydrogen) atoms. The molecule has 1 heterocycles. The number of phenolic OH excluding ortho intramolecular Hbond substituents is 1. The fourth-order valence-corrected chi connectivity index (χ4v) is 2.91. The number of imide groups is 1. The Morgan fingerprint density at radius 1 is 0.909 bits per heavy atom. The predicted molar refractivity (Wildman–Crippen MR) is 73.3 cm³/mol. The van der Waals surface area contributed by atoms with E-state index < -0.39 is 21.9 Å². The van der Waals surface area contributed by atoms with Gasteiger partial charge in [-0.1, -0.05) is 18.2 Å². The number of hydrogen-bond acceptors (Lipinski definition) is 6. The third kappa shape index (κ3) is 2.24. The van der Waals surface area contributed by atoms with E-state index in [1.807, 2.05) is 0 Å². The molecule has 1 aliphatic heterocycles. The predicted octanol–water partition coefficient (Wildman–Crippen LogP) is 1.31. The summed E-state index contributed by atoms with van der Waals surface area (Å²) in [4.78, 5) is 23.9. The molecule has 0 radical (unpaired) electrons. The second-order valence-corrected chi connectivity index (χ2v) is 6.01. The maximum absolute atomic E-state index is 12.1. The van der Waals surface area contributed by atoms with E-state index in [2.05, 4.69) is 4.28 Å². The molecule has 0 aromatic heterocycles.